The van der Waals surface area contributed by atoms with Gasteiger partial charge in [0.05, 0.1) is 16.7 Å². The number of aromatic nitrogens is 2. The molecule has 0 aliphatic rings. The second kappa shape index (κ2) is 5.60. The highest BCUT2D eigenvalue weighted by molar-refractivity contribution is 5.84. The summed E-state index contributed by atoms with van der Waals surface area (Å²) in [6.45, 7) is 4.18. The summed E-state index contributed by atoms with van der Waals surface area (Å²) in [6, 6.07) is 20.9. The van der Waals surface area contributed by atoms with E-state index in [2.05, 4.69) is 42.7 Å². The van der Waals surface area contributed by atoms with Gasteiger partial charge < -0.3 is 0 Å². The highest BCUT2D eigenvalue weighted by Gasteiger charge is 2.17. The molecule has 0 radical (unpaired) electrons. The van der Waals surface area contributed by atoms with E-state index in [0.717, 1.165) is 39.2 Å². The molecule has 0 atom stereocenters. The van der Waals surface area contributed by atoms with E-state index in [1.165, 1.54) is 12.1 Å². The molecule has 0 bridgehead atoms. The molecule has 0 unspecified atom stereocenters. The molecule has 24 heavy (non-hydrogen) atoms. The van der Waals surface area contributed by atoms with Gasteiger partial charge in [0.2, 0.25) is 0 Å². The molecule has 1 heterocycles. The average Bonchev–Trinajstić information content (AvgIpc) is 2.94. The topological polar surface area (TPSA) is 17.8 Å². The Morgan fingerprint density at radius 3 is 2.29 bits per heavy atom. The molecule has 0 spiro atoms. The third-order valence-corrected chi connectivity index (χ3v) is 4.31. The van der Waals surface area contributed by atoms with E-state index >= 15 is 0 Å². The molecule has 4 rings (SSSR count). The van der Waals surface area contributed by atoms with Crippen molar-refractivity contribution >= 4 is 11.0 Å². The van der Waals surface area contributed by atoms with Gasteiger partial charge in [-0.1, -0.05) is 42.5 Å². The molecule has 0 aliphatic heterocycles. The van der Waals surface area contributed by atoms with Gasteiger partial charge in [-0.15, -0.1) is 0 Å². The lowest BCUT2D eigenvalue weighted by molar-refractivity contribution is 0.628. The fraction of sp³-hybridized carbons (Fsp3) is 0.0952. The van der Waals surface area contributed by atoms with Gasteiger partial charge >= 0.3 is 0 Å². The van der Waals surface area contributed by atoms with Crippen molar-refractivity contribution in [3.8, 4) is 17.1 Å². The van der Waals surface area contributed by atoms with Crippen LogP contribution < -0.4 is 0 Å². The van der Waals surface area contributed by atoms with Gasteiger partial charge in [-0.05, 0) is 49.2 Å². The standard InChI is InChI=1S/C21H17FN2/c1-14-7-5-8-15(2)20(14)24-19-12-4-3-11-18(19)23-21(24)16-9-6-10-17(22)13-16/h3-13H,1-2H3. The maximum atomic E-state index is 13.8. The number of aryl methyl sites for hydroxylation is 2. The first-order valence-corrected chi connectivity index (χ1v) is 7.95. The van der Waals surface area contributed by atoms with Gasteiger partial charge in [0.25, 0.3) is 0 Å². The second-order valence-electron chi connectivity index (χ2n) is 6.01. The molecule has 0 saturated carbocycles. The fourth-order valence-electron chi connectivity index (χ4n) is 3.23. The van der Waals surface area contributed by atoms with E-state index < -0.39 is 0 Å². The van der Waals surface area contributed by atoms with E-state index in [1.807, 2.05) is 24.3 Å². The molecule has 3 heteroatoms. The normalized spacial score (nSPS) is 11.1. The monoisotopic (exact) mass is 316 g/mol. The number of hydrogen-bond donors (Lipinski definition) is 0. The van der Waals surface area contributed by atoms with Crippen molar-refractivity contribution in [3.63, 3.8) is 0 Å². The summed E-state index contributed by atoms with van der Waals surface area (Å²) in [6.07, 6.45) is 0. The van der Waals surface area contributed by atoms with Crippen molar-refractivity contribution in [2.75, 3.05) is 0 Å². The van der Waals surface area contributed by atoms with E-state index in [4.69, 9.17) is 4.98 Å². The predicted molar refractivity (Wildman–Crippen MR) is 95.9 cm³/mol. The third-order valence-electron chi connectivity index (χ3n) is 4.31. The number of halogens is 1. The Labute approximate surface area is 140 Å². The van der Waals surface area contributed by atoms with Gasteiger partial charge in [-0.2, -0.15) is 0 Å². The number of benzene rings is 3. The number of rotatable bonds is 2. The second-order valence-corrected chi connectivity index (χ2v) is 6.01. The van der Waals surface area contributed by atoms with Gasteiger partial charge in [-0.3, -0.25) is 4.57 Å². The SMILES string of the molecule is Cc1cccc(C)c1-n1c(-c2cccc(F)c2)nc2ccccc21. The predicted octanol–water partition coefficient (Wildman–Crippen LogP) is 5.45. The maximum Gasteiger partial charge on any atom is 0.145 e. The number of fused-ring (bicyclic) bond motifs is 1. The van der Waals surface area contributed by atoms with Crippen LogP contribution in [0.1, 0.15) is 11.1 Å². The minimum atomic E-state index is -0.257. The molecule has 0 fully saturated rings. The van der Waals surface area contributed by atoms with Crippen LogP contribution >= 0.6 is 0 Å². The maximum absolute atomic E-state index is 13.8. The van der Waals surface area contributed by atoms with E-state index in [0.29, 0.717) is 0 Å². The summed E-state index contributed by atoms with van der Waals surface area (Å²) in [4.78, 5) is 4.78. The lowest BCUT2D eigenvalue weighted by Crippen LogP contribution is -2.02. The molecule has 2 nitrogen and oxygen atoms in total. The van der Waals surface area contributed by atoms with E-state index in [9.17, 15) is 4.39 Å². The van der Waals surface area contributed by atoms with Crippen molar-refractivity contribution in [2.24, 2.45) is 0 Å². The molecule has 0 aliphatic carbocycles. The first-order chi connectivity index (χ1) is 11.6. The van der Waals surface area contributed by atoms with Gasteiger partial charge in [-0.25, -0.2) is 9.37 Å². The molecular formula is C21H17FN2. The van der Waals surface area contributed by atoms with E-state index in [1.54, 1.807) is 6.07 Å². The third kappa shape index (κ3) is 2.29. The molecule has 1 aromatic heterocycles. The molecule has 0 N–H and O–H groups in total. The summed E-state index contributed by atoms with van der Waals surface area (Å²) in [5, 5.41) is 0. The Kier molecular flexibility index (Phi) is 3.42. The molecule has 3 aromatic carbocycles. The van der Waals surface area contributed by atoms with Crippen molar-refractivity contribution in [1.29, 1.82) is 0 Å². The highest BCUT2D eigenvalue weighted by atomic mass is 19.1. The zero-order valence-corrected chi connectivity index (χ0v) is 13.6. The van der Waals surface area contributed by atoms with Crippen LogP contribution in [0, 0.1) is 19.7 Å². The Morgan fingerprint density at radius 1 is 0.833 bits per heavy atom. The summed E-state index contributed by atoms with van der Waals surface area (Å²) >= 11 is 0. The Bertz CT molecular complexity index is 1030. The zero-order valence-electron chi connectivity index (χ0n) is 13.6. The Balaban J connectivity index is 2.12. The summed E-state index contributed by atoms with van der Waals surface area (Å²) < 4.78 is 15.9. The molecule has 118 valence electrons. The van der Waals surface area contributed by atoms with Crippen LogP contribution in [0.5, 0.6) is 0 Å². The minimum absolute atomic E-state index is 0.257. The molecule has 0 amide bonds. The van der Waals surface area contributed by atoms with Crippen molar-refractivity contribution in [2.45, 2.75) is 13.8 Å². The number of nitrogens with zero attached hydrogens (tertiary/aromatic N) is 2. The van der Waals surface area contributed by atoms with Crippen molar-refractivity contribution < 1.29 is 4.39 Å². The van der Waals surface area contributed by atoms with Crippen molar-refractivity contribution in [1.82, 2.24) is 9.55 Å². The lowest BCUT2D eigenvalue weighted by Gasteiger charge is -2.15. The average molecular weight is 316 g/mol. The van der Waals surface area contributed by atoms with Crippen LogP contribution in [0.15, 0.2) is 66.7 Å². The van der Waals surface area contributed by atoms with Crippen LogP contribution in [0.4, 0.5) is 4.39 Å². The van der Waals surface area contributed by atoms with Crippen LogP contribution in [0.3, 0.4) is 0 Å². The fourth-order valence-corrected chi connectivity index (χ4v) is 3.23. The summed E-state index contributed by atoms with van der Waals surface area (Å²) in [5.41, 5.74) is 6.12. The Morgan fingerprint density at radius 2 is 1.54 bits per heavy atom. The first-order valence-electron chi connectivity index (χ1n) is 7.95. The Hall–Kier alpha value is -2.94. The van der Waals surface area contributed by atoms with Crippen LogP contribution in [0.25, 0.3) is 28.1 Å². The van der Waals surface area contributed by atoms with Gasteiger partial charge in [0, 0.05) is 5.56 Å². The zero-order chi connectivity index (χ0) is 16.7. The highest BCUT2D eigenvalue weighted by Crippen LogP contribution is 2.31. The van der Waals surface area contributed by atoms with Gasteiger partial charge in [0.15, 0.2) is 0 Å². The molecule has 4 aromatic rings. The summed E-state index contributed by atoms with van der Waals surface area (Å²) in [5.74, 6) is 0.501. The summed E-state index contributed by atoms with van der Waals surface area (Å²) in [7, 11) is 0. The lowest BCUT2D eigenvalue weighted by atomic mass is 10.1. The quantitative estimate of drug-likeness (QED) is 0.481. The van der Waals surface area contributed by atoms with Gasteiger partial charge in [0.1, 0.15) is 11.6 Å². The largest absolute Gasteiger partial charge is 0.292 e. The van der Waals surface area contributed by atoms with E-state index in [-0.39, 0.29) is 5.82 Å². The first kappa shape index (κ1) is 14.6. The number of hydrogen-bond acceptors (Lipinski definition) is 1. The number of imidazole rings is 1. The minimum Gasteiger partial charge on any atom is -0.292 e. The smallest absolute Gasteiger partial charge is 0.145 e. The molecule has 0 saturated heterocycles. The van der Waals surface area contributed by atoms with Crippen molar-refractivity contribution in [3.05, 3.63) is 83.7 Å². The number of para-hydroxylation sites is 3. The molecular weight excluding hydrogens is 299 g/mol. The van der Waals surface area contributed by atoms with Crippen LogP contribution in [0.2, 0.25) is 0 Å². The van der Waals surface area contributed by atoms with Crippen LogP contribution in [-0.4, -0.2) is 9.55 Å². The van der Waals surface area contributed by atoms with Crippen LogP contribution in [-0.2, 0) is 0 Å².